The third-order valence-electron chi connectivity index (χ3n) is 4.09. The van der Waals surface area contributed by atoms with Crippen molar-refractivity contribution in [3.63, 3.8) is 0 Å². The number of hydrogen-bond donors (Lipinski definition) is 1. The molecule has 0 aromatic heterocycles. The van der Waals surface area contributed by atoms with E-state index in [1.165, 1.54) is 25.7 Å². The Labute approximate surface area is 136 Å². The first kappa shape index (κ1) is 16.6. The van der Waals surface area contributed by atoms with E-state index >= 15 is 0 Å². The number of rotatable bonds is 5. The van der Waals surface area contributed by atoms with Crippen LogP contribution in [0.4, 0.5) is 0 Å². The Balaban J connectivity index is 1.82. The van der Waals surface area contributed by atoms with Crippen molar-refractivity contribution in [3.8, 4) is 0 Å². The summed E-state index contributed by atoms with van der Waals surface area (Å²) in [5.74, 6) is -0.0985. The molecule has 1 unspecified atom stereocenters. The quantitative estimate of drug-likeness (QED) is 0.886. The van der Waals surface area contributed by atoms with Crippen LogP contribution in [0.3, 0.4) is 0 Å². The lowest BCUT2D eigenvalue weighted by Gasteiger charge is -2.35. The van der Waals surface area contributed by atoms with Crippen molar-refractivity contribution in [1.82, 2.24) is 10.2 Å². The monoisotopic (exact) mass is 328 g/mol. The predicted molar refractivity (Wildman–Crippen MR) is 88.3 cm³/mol. The Hall–Kier alpha value is -0.770. The van der Waals surface area contributed by atoms with Gasteiger partial charge in [-0.25, -0.2) is 0 Å². The third kappa shape index (κ3) is 4.60. The van der Waals surface area contributed by atoms with Crippen molar-refractivity contribution in [3.05, 3.63) is 33.8 Å². The number of nitrogens with zero attached hydrogens (tertiary/aromatic N) is 1. The summed E-state index contributed by atoms with van der Waals surface area (Å²) in [6, 6.07) is 5.62. The van der Waals surface area contributed by atoms with Crippen molar-refractivity contribution in [2.45, 2.75) is 38.6 Å². The molecule has 1 atom stereocenters. The number of hydrogen-bond acceptors (Lipinski definition) is 2. The number of carbonyl (C=O) groups is 1. The first-order chi connectivity index (χ1) is 10.1. The molecular formula is C16H22Cl2N2O. The normalized spacial score (nSPS) is 19.5. The van der Waals surface area contributed by atoms with Crippen molar-refractivity contribution in [2.24, 2.45) is 0 Å². The summed E-state index contributed by atoms with van der Waals surface area (Å²) in [6.45, 7) is 4.94. The van der Waals surface area contributed by atoms with Crippen LogP contribution in [0.25, 0.3) is 0 Å². The average Bonchev–Trinajstić information content (AvgIpc) is 2.50. The van der Waals surface area contributed by atoms with Crippen LogP contribution in [0.1, 0.15) is 43.0 Å². The zero-order valence-electron chi connectivity index (χ0n) is 12.4. The molecule has 1 amide bonds. The Morgan fingerprint density at radius 1 is 1.33 bits per heavy atom. The summed E-state index contributed by atoms with van der Waals surface area (Å²) >= 11 is 11.8. The number of piperidine rings is 1. The Kier molecular flexibility index (Phi) is 6.34. The number of nitrogens with one attached hydrogen (secondary N) is 1. The van der Waals surface area contributed by atoms with E-state index in [0.717, 1.165) is 13.1 Å². The van der Waals surface area contributed by atoms with E-state index in [1.807, 2.05) is 0 Å². The van der Waals surface area contributed by atoms with Gasteiger partial charge in [-0.15, -0.1) is 0 Å². The molecule has 3 nitrogen and oxygen atoms in total. The highest BCUT2D eigenvalue weighted by atomic mass is 35.5. The Bertz CT molecular complexity index is 493. The molecule has 116 valence electrons. The summed E-state index contributed by atoms with van der Waals surface area (Å²) in [7, 11) is 0. The first-order valence-electron chi connectivity index (χ1n) is 7.59. The summed E-state index contributed by atoms with van der Waals surface area (Å²) in [5.41, 5.74) is 0.551. The van der Waals surface area contributed by atoms with Crippen LogP contribution in [-0.2, 0) is 0 Å². The highest BCUT2D eigenvalue weighted by molar-refractivity contribution is 6.42. The summed E-state index contributed by atoms with van der Waals surface area (Å²) in [6.07, 6.45) is 5.04. The second-order valence-corrected chi connectivity index (χ2v) is 6.29. The molecule has 1 heterocycles. The lowest BCUT2D eigenvalue weighted by molar-refractivity contribution is 0.0934. The maximum absolute atomic E-state index is 12.1. The smallest absolute Gasteiger partial charge is 0.251 e. The molecule has 1 aromatic carbocycles. The van der Waals surface area contributed by atoms with E-state index in [4.69, 9.17) is 23.2 Å². The molecule has 21 heavy (non-hydrogen) atoms. The van der Waals surface area contributed by atoms with Gasteiger partial charge < -0.3 is 5.32 Å². The van der Waals surface area contributed by atoms with E-state index in [-0.39, 0.29) is 5.91 Å². The van der Waals surface area contributed by atoms with Gasteiger partial charge in [0.25, 0.3) is 5.91 Å². The molecule has 1 fully saturated rings. The fourth-order valence-corrected chi connectivity index (χ4v) is 3.17. The SMILES string of the molecule is CCC1CCCCN1CCNC(=O)c1ccc(Cl)c(Cl)c1. The number of halogens is 2. The van der Waals surface area contributed by atoms with E-state index in [1.54, 1.807) is 18.2 Å². The van der Waals surface area contributed by atoms with Crippen molar-refractivity contribution in [2.75, 3.05) is 19.6 Å². The molecule has 1 aliphatic heterocycles. The first-order valence-corrected chi connectivity index (χ1v) is 8.34. The Morgan fingerprint density at radius 2 is 2.14 bits per heavy atom. The Morgan fingerprint density at radius 3 is 2.86 bits per heavy atom. The molecule has 0 aliphatic carbocycles. The van der Waals surface area contributed by atoms with Gasteiger partial charge in [0, 0.05) is 24.7 Å². The third-order valence-corrected chi connectivity index (χ3v) is 4.83. The van der Waals surface area contributed by atoms with Gasteiger partial charge in [-0.1, -0.05) is 36.5 Å². The van der Waals surface area contributed by atoms with Gasteiger partial charge >= 0.3 is 0 Å². The van der Waals surface area contributed by atoms with Crippen LogP contribution >= 0.6 is 23.2 Å². The predicted octanol–water partition coefficient (Wildman–Crippen LogP) is 3.99. The summed E-state index contributed by atoms with van der Waals surface area (Å²) in [5, 5.41) is 3.83. The van der Waals surface area contributed by atoms with Crippen LogP contribution in [0, 0.1) is 0 Å². The minimum Gasteiger partial charge on any atom is -0.351 e. The summed E-state index contributed by atoms with van der Waals surface area (Å²) < 4.78 is 0. The van der Waals surface area contributed by atoms with Gasteiger partial charge in [0.2, 0.25) is 0 Å². The fraction of sp³-hybridized carbons (Fsp3) is 0.562. The molecule has 1 N–H and O–H groups in total. The summed E-state index contributed by atoms with van der Waals surface area (Å²) in [4.78, 5) is 14.6. The van der Waals surface area contributed by atoms with Crippen molar-refractivity contribution in [1.29, 1.82) is 0 Å². The topological polar surface area (TPSA) is 32.3 Å². The second-order valence-electron chi connectivity index (χ2n) is 5.48. The van der Waals surface area contributed by atoms with E-state index in [9.17, 15) is 4.79 Å². The maximum Gasteiger partial charge on any atom is 0.251 e. The number of benzene rings is 1. The second kappa shape index (κ2) is 8.02. The van der Waals surface area contributed by atoms with Gasteiger partial charge in [0.05, 0.1) is 10.0 Å². The van der Waals surface area contributed by atoms with Crippen LogP contribution in [0.5, 0.6) is 0 Å². The minimum atomic E-state index is -0.0985. The minimum absolute atomic E-state index is 0.0985. The van der Waals surface area contributed by atoms with E-state index in [0.29, 0.717) is 28.2 Å². The molecule has 2 rings (SSSR count). The van der Waals surface area contributed by atoms with Gasteiger partial charge in [-0.2, -0.15) is 0 Å². The van der Waals surface area contributed by atoms with Crippen LogP contribution in [0.15, 0.2) is 18.2 Å². The molecule has 1 aliphatic rings. The molecule has 0 saturated carbocycles. The molecule has 0 spiro atoms. The zero-order valence-corrected chi connectivity index (χ0v) is 13.9. The van der Waals surface area contributed by atoms with E-state index in [2.05, 4.69) is 17.1 Å². The maximum atomic E-state index is 12.1. The molecule has 1 aromatic rings. The molecule has 0 radical (unpaired) electrons. The molecule has 0 bridgehead atoms. The van der Waals surface area contributed by atoms with Gasteiger partial charge in [-0.05, 0) is 44.0 Å². The van der Waals surface area contributed by atoms with Gasteiger partial charge in [-0.3, -0.25) is 9.69 Å². The lowest BCUT2D eigenvalue weighted by atomic mass is 10.0. The fourth-order valence-electron chi connectivity index (χ4n) is 2.87. The van der Waals surface area contributed by atoms with Gasteiger partial charge in [0.1, 0.15) is 0 Å². The number of amides is 1. The van der Waals surface area contributed by atoms with Crippen LogP contribution < -0.4 is 5.32 Å². The molecule has 1 saturated heterocycles. The number of carbonyl (C=O) groups excluding carboxylic acids is 1. The van der Waals surface area contributed by atoms with Crippen LogP contribution in [0.2, 0.25) is 10.0 Å². The molecular weight excluding hydrogens is 307 g/mol. The van der Waals surface area contributed by atoms with Crippen molar-refractivity contribution < 1.29 is 4.79 Å². The highest BCUT2D eigenvalue weighted by Crippen LogP contribution is 2.22. The van der Waals surface area contributed by atoms with Crippen LogP contribution in [-0.4, -0.2) is 36.5 Å². The van der Waals surface area contributed by atoms with E-state index < -0.39 is 0 Å². The molecule has 5 heteroatoms. The number of likely N-dealkylation sites (tertiary alicyclic amines) is 1. The lowest BCUT2D eigenvalue weighted by Crippen LogP contribution is -2.43. The standard InChI is InChI=1S/C16H22Cl2N2O/c1-2-13-5-3-4-9-20(13)10-8-19-16(21)12-6-7-14(17)15(18)11-12/h6-7,11,13H,2-5,8-10H2,1H3,(H,19,21). The average molecular weight is 329 g/mol. The highest BCUT2D eigenvalue weighted by Gasteiger charge is 2.20. The zero-order chi connectivity index (χ0) is 15.2. The van der Waals surface area contributed by atoms with Gasteiger partial charge in [0.15, 0.2) is 0 Å². The largest absolute Gasteiger partial charge is 0.351 e. The van der Waals surface area contributed by atoms with Crippen molar-refractivity contribution >= 4 is 29.1 Å².